The van der Waals surface area contributed by atoms with Gasteiger partial charge in [0.15, 0.2) is 0 Å². The van der Waals surface area contributed by atoms with Gasteiger partial charge in [0.2, 0.25) is 0 Å². The van der Waals surface area contributed by atoms with Crippen molar-refractivity contribution in [3.8, 4) is 0 Å². The average Bonchev–Trinajstić information content (AvgIpc) is 2.27. The lowest BCUT2D eigenvalue weighted by molar-refractivity contribution is 0.0697. The van der Waals surface area contributed by atoms with E-state index in [1.807, 2.05) is 0 Å². The number of fused-ring (bicyclic) bond motifs is 1. The van der Waals surface area contributed by atoms with Crippen LogP contribution >= 0.6 is 11.6 Å². The van der Waals surface area contributed by atoms with Crippen LogP contribution in [0.1, 0.15) is 29.8 Å². The molecule has 1 aromatic heterocycles. The van der Waals surface area contributed by atoms with Crippen molar-refractivity contribution >= 4 is 28.5 Å². The summed E-state index contributed by atoms with van der Waals surface area (Å²) >= 11 is 5.89. The van der Waals surface area contributed by atoms with E-state index in [4.69, 9.17) is 11.6 Å². The predicted molar refractivity (Wildman–Crippen MR) is 72.3 cm³/mol. The lowest BCUT2D eigenvalue weighted by Gasteiger charge is -2.11. The summed E-state index contributed by atoms with van der Waals surface area (Å²) in [6, 6.07) is 5.09. The first kappa shape index (κ1) is 12.8. The first-order valence-corrected chi connectivity index (χ1v) is 6.17. The maximum Gasteiger partial charge on any atom is 0.336 e. The molecule has 0 atom stereocenters. The molecule has 1 aromatic carbocycles. The summed E-state index contributed by atoms with van der Waals surface area (Å²) in [5.74, 6) is -0.532. The topological polar surface area (TPSA) is 50.2 Å². The highest BCUT2D eigenvalue weighted by Gasteiger charge is 2.16. The van der Waals surface area contributed by atoms with Gasteiger partial charge in [0.05, 0.1) is 11.1 Å². The van der Waals surface area contributed by atoms with Crippen LogP contribution in [0.2, 0.25) is 5.02 Å². The number of carbonyl (C=O) groups is 1. The Labute approximate surface area is 110 Å². The molecule has 2 aromatic rings. The molecular formula is C14H14ClNO2. The van der Waals surface area contributed by atoms with Crippen molar-refractivity contribution in [1.29, 1.82) is 0 Å². The first-order valence-electron chi connectivity index (χ1n) is 5.79. The summed E-state index contributed by atoms with van der Waals surface area (Å²) in [5.41, 5.74) is 1.73. The second kappa shape index (κ2) is 4.94. The van der Waals surface area contributed by atoms with Crippen molar-refractivity contribution in [2.75, 3.05) is 0 Å². The van der Waals surface area contributed by atoms with Gasteiger partial charge in [0.1, 0.15) is 0 Å². The number of carboxylic acids is 1. The molecule has 0 spiro atoms. The van der Waals surface area contributed by atoms with Crippen LogP contribution in [0.5, 0.6) is 0 Å². The molecule has 0 unspecified atom stereocenters. The number of benzene rings is 1. The Morgan fingerprint density at radius 2 is 2.17 bits per heavy atom. The normalized spacial score (nSPS) is 11.1. The molecule has 0 fully saturated rings. The number of carboxylic acid groups (broad SMARTS) is 1. The first-order chi connectivity index (χ1) is 8.49. The maximum absolute atomic E-state index is 11.4. The molecule has 0 saturated carbocycles. The van der Waals surface area contributed by atoms with E-state index < -0.39 is 5.97 Å². The molecule has 0 amide bonds. The molecule has 0 radical (unpaired) electrons. The average molecular weight is 264 g/mol. The van der Waals surface area contributed by atoms with Gasteiger partial charge < -0.3 is 5.11 Å². The molecule has 0 aliphatic heterocycles. The number of aromatic carboxylic acids is 1. The fourth-order valence-corrected chi connectivity index (χ4v) is 2.22. The molecule has 2 rings (SSSR count). The maximum atomic E-state index is 11.4. The molecule has 1 N–H and O–H groups in total. The van der Waals surface area contributed by atoms with Crippen LogP contribution in [0.3, 0.4) is 0 Å². The minimum absolute atomic E-state index is 0.338. The molecule has 0 bridgehead atoms. The Kier molecular flexibility index (Phi) is 3.53. The van der Waals surface area contributed by atoms with Crippen LogP contribution in [0.4, 0.5) is 0 Å². The zero-order chi connectivity index (χ0) is 13.3. The summed E-state index contributed by atoms with van der Waals surface area (Å²) in [6.07, 6.45) is 2.34. The third-order valence-corrected chi connectivity index (χ3v) is 2.99. The SMILES string of the molecule is CC(C)Cc1cnc2cc(Cl)ccc2c1C(=O)O. The number of rotatable bonds is 3. The number of hydrogen-bond acceptors (Lipinski definition) is 2. The molecule has 18 heavy (non-hydrogen) atoms. The number of halogens is 1. The van der Waals surface area contributed by atoms with E-state index in [0.29, 0.717) is 33.8 Å². The third kappa shape index (κ3) is 2.46. The van der Waals surface area contributed by atoms with Gasteiger partial charge in [-0.25, -0.2) is 4.79 Å². The van der Waals surface area contributed by atoms with E-state index in [0.717, 1.165) is 5.56 Å². The molecule has 0 saturated heterocycles. The third-order valence-electron chi connectivity index (χ3n) is 2.75. The van der Waals surface area contributed by atoms with Gasteiger partial charge in [0, 0.05) is 16.6 Å². The Balaban J connectivity index is 2.70. The van der Waals surface area contributed by atoms with Gasteiger partial charge in [-0.1, -0.05) is 31.5 Å². The molecule has 0 aliphatic rings. The van der Waals surface area contributed by atoms with Gasteiger partial charge in [0.25, 0.3) is 0 Å². The Morgan fingerprint density at radius 1 is 1.44 bits per heavy atom. The van der Waals surface area contributed by atoms with Crippen LogP contribution in [0, 0.1) is 5.92 Å². The number of nitrogens with zero attached hydrogens (tertiary/aromatic N) is 1. The van der Waals surface area contributed by atoms with Crippen LogP contribution in [-0.4, -0.2) is 16.1 Å². The minimum Gasteiger partial charge on any atom is -0.478 e. The summed E-state index contributed by atoms with van der Waals surface area (Å²) in [4.78, 5) is 15.7. The van der Waals surface area contributed by atoms with Crippen molar-refractivity contribution < 1.29 is 9.90 Å². The Morgan fingerprint density at radius 3 is 2.78 bits per heavy atom. The monoisotopic (exact) mass is 263 g/mol. The summed E-state index contributed by atoms with van der Waals surface area (Å²) in [7, 11) is 0. The van der Waals surface area contributed by atoms with E-state index in [9.17, 15) is 9.90 Å². The van der Waals surface area contributed by atoms with Gasteiger partial charge >= 0.3 is 5.97 Å². The highest BCUT2D eigenvalue weighted by atomic mass is 35.5. The van der Waals surface area contributed by atoms with Gasteiger partial charge in [-0.2, -0.15) is 0 Å². The zero-order valence-corrected chi connectivity index (χ0v) is 11.0. The van der Waals surface area contributed by atoms with Crippen molar-refractivity contribution in [3.05, 3.63) is 40.5 Å². The lowest BCUT2D eigenvalue weighted by atomic mass is 9.96. The van der Waals surface area contributed by atoms with Crippen molar-refractivity contribution in [3.63, 3.8) is 0 Å². The van der Waals surface area contributed by atoms with Crippen LogP contribution in [0.25, 0.3) is 10.9 Å². The largest absolute Gasteiger partial charge is 0.478 e. The quantitative estimate of drug-likeness (QED) is 0.917. The molecule has 4 heteroatoms. The summed E-state index contributed by atoms with van der Waals surface area (Å²) in [6.45, 7) is 4.11. The van der Waals surface area contributed by atoms with Crippen LogP contribution < -0.4 is 0 Å². The van der Waals surface area contributed by atoms with Crippen molar-refractivity contribution in [2.24, 2.45) is 5.92 Å². The zero-order valence-electron chi connectivity index (χ0n) is 10.3. The van der Waals surface area contributed by atoms with Gasteiger partial charge in [-0.15, -0.1) is 0 Å². The summed E-state index contributed by atoms with van der Waals surface area (Å²) in [5, 5.41) is 10.6. The molecular weight excluding hydrogens is 250 g/mol. The fourth-order valence-electron chi connectivity index (χ4n) is 2.06. The second-order valence-corrected chi connectivity index (χ2v) is 5.16. The van der Waals surface area contributed by atoms with E-state index in [2.05, 4.69) is 18.8 Å². The van der Waals surface area contributed by atoms with E-state index >= 15 is 0 Å². The van der Waals surface area contributed by atoms with Gasteiger partial charge in [-0.3, -0.25) is 4.98 Å². The fraction of sp³-hybridized carbons (Fsp3) is 0.286. The number of aromatic nitrogens is 1. The van der Waals surface area contributed by atoms with Crippen molar-refractivity contribution in [2.45, 2.75) is 20.3 Å². The standard InChI is InChI=1S/C14H14ClNO2/c1-8(2)5-9-7-16-12-6-10(15)3-4-11(12)13(9)14(17)18/h3-4,6-8H,5H2,1-2H3,(H,17,18). The molecule has 94 valence electrons. The van der Waals surface area contributed by atoms with Crippen LogP contribution in [0.15, 0.2) is 24.4 Å². The summed E-state index contributed by atoms with van der Waals surface area (Å²) < 4.78 is 0. The Bertz CT molecular complexity index is 608. The van der Waals surface area contributed by atoms with E-state index in [-0.39, 0.29) is 0 Å². The predicted octanol–water partition coefficient (Wildman–Crippen LogP) is 3.78. The minimum atomic E-state index is -0.916. The van der Waals surface area contributed by atoms with Gasteiger partial charge in [-0.05, 0) is 30.0 Å². The van der Waals surface area contributed by atoms with E-state index in [1.165, 1.54) is 0 Å². The smallest absolute Gasteiger partial charge is 0.336 e. The molecule has 3 nitrogen and oxygen atoms in total. The lowest BCUT2D eigenvalue weighted by Crippen LogP contribution is -2.07. The Hall–Kier alpha value is -1.61. The van der Waals surface area contributed by atoms with Crippen molar-refractivity contribution in [1.82, 2.24) is 4.98 Å². The number of pyridine rings is 1. The molecule has 0 aliphatic carbocycles. The highest BCUT2D eigenvalue weighted by molar-refractivity contribution is 6.31. The molecule has 1 heterocycles. The number of hydrogen-bond donors (Lipinski definition) is 1. The van der Waals surface area contributed by atoms with E-state index in [1.54, 1.807) is 24.4 Å². The highest BCUT2D eigenvalue weighted by Crippen LogP contribution is 2.25. The van der Waals surface area contributed by atoms with Crippen LogP contribution in [-0.2, 0) is 6.42 Å². The second-order valence-electron chi connectivity index (χ2n) is 4.72.